The van der Waals surface area contributed by atoms with Gasteiger partial charge in [-0.05, 0) is 58.7 Å². The van der Waals surface area contributed by atoms with Gasteiger partial charge in [0.15, 0.2) is 0 Å². The van der Waals surface area contributed by atoms with Crippen LogP contribution in [0.4, 0.5) is 0 Å². The number of aryl methyl sites for hydroxylation is 1. The van der Waals surface area contributed by atoms with Crippen molar-refractivity contribution in [3.05, 3.63) is 62.0 Å². The van der Waals surface area contributed by atoms with Crippen molar-refractivity contribution in [3.63, 3.8) is 0 Å². The number of benzene rings is 2. The highest BCUT2D eigenvalue weighted by Crippen LogP contribution is 2.21. The van der Waals surface area contributed by atoms with Crippen molar-refractivity contribution in [2.45, 2.75) is 6.92 Å². The molecule has 0 atom stereocenters. The first-order valence-electron chi connectivity index (χ1n) is 6.05. The van der Waals surface area contributed by atoms with E-state index in [4.69, 9.17) is 0 Å². The zero-order valence-electron chi connectivity index (χ0n) is 11.1. The second kappa shape index (κ2) is 6.87. The molecule has 1 amide bonds. The highest BCUT2D eigenvalue weighted by Gasteiger charge is 2.09. The Kier molecular flexibility index (Phi) is 5.14. The second-order valence-corrected chi connectivity index (χ2v) is 6.16. The third-order valence-electron chi connectivity index (χ3n) is 2.73. The lowest BCUT2D eigenvalue weighted by atomic mass is 10.1. The van der Waals surface area contributed by atoms with E-state index in [0.29, 0.717) is 15.6 Å². The Bertz CT molecular complexity index is 715. The molecule has 2 rings (SSSR count). The van der Waals surface area contributed by atoms with Crippen molar-refractivity contribution in [2.75, 3.05) is 0 Å². The van der Waals surface area contributed by atoms with Crippen LogP contribution < -0.4 is 5.43 Å². The van der Waals surface area contributed by atoms with Crippen molar-refractivity contribution >= 4 is 44.0 Å². The largest absolute Gasteiger partial charge is 0.507 e. The van der Waals surface area contributed by atoms with Crippen molar-refractivity contribution < 1.29 is 9.90 Å². The van der Waals surface area contributed by atoms with Gasteiger partial charge >= 0.3 is 0 Å². The van der Waals surface area contributed by atoms with E-state index in [-0.39, 0.29) is 11.7 Å². The second-order valence-electron chi connectivity index (χ2n) is 4.39. The smallest absolute Gasteiger partial charge is 0.272 e. The van der Waals surface area contributed by atoms with E-state index in [2.05, 4.69) is 42.4 Å². The topological polar surface area (TPSA) is 61.7 Å². The number of phenolic OH excluding ortho intramolecular Hbond substituents is 1. The summed E-state index contributed by atoms with van der Waals surface area (Å²) in [6.45, 7) is 1.88. The number of aromatic hydroxyl groups is 1. The molecule has 108 valence electrons. The minimum atomic E-state index is -0.342. The van der Waals surface area contributed by atoms with Gasteiger partial charge in [-0.1, -0.05) is 22.0 Å². The maximum absolute atomic E-state index is 12.0. The molecule has 21 heavy (non-hydrogen) atoms. The predicted molar refractivity (Wildman–Crippen MR) is 89.7 cm³/mol. The van der Waals surface area contributed by atoms with E-state index < -0.39 is 0 Å². The van der Waals surface area contributed by atoms with Crippen molar-refractivity contribution in [2.24, 2.45) is 5.10 Å². The van der Waals surface area contributed by atoms with Crippen LogP contribution in [0.1, 0.15) is 21.5 Å². The van der Waals surface area contributed by atoms with E-state index in [1.165, 1.54) is 6.21 Å². The number of hydrazone groups is 1. The number of halogens is 2. The van der Waals surface area contributed by atoms with Gasteiger partial charge in [0.05, 0.1) is 11.8 Å². The monoisotopic (exact) mass is 410 g/mol. The number of rotatable bonds is 3. The Morgan fingerprint density at radius 3 is 2.71 bits per heavy atom. The predicted octanol–water partition coefficient (Wildman–Crippen LogP) is 3.99. The first kappa shape index (κ1) is 15.7. The maximum Gasteiger partial charge on any atom is 0.272 e. The highest BCUT2D eigenvalue weighted by molar-refractivity contribution is 9.11. The highest BCUT2D eigenvalue weighted by atomic mass is 79.9. The van der Waals surface area contributed by atoms with Crippen LogP contribution in [0, 0.1) is 6.92 Å². The van der Waals surface area contributed by atoms with Gasteiger partial charge in [0.1, 0.15) is 5.75 Å². The first-order chi connectivity index (χ1) is 9.97. The number of hydrogen-bond acceptors (Lipinski definition) is 3. The average molecular weight is 412 g/mol. The van der Waals surface area contributed by atoms with Gasteiger partial charge in [-0.15, -0.1) is 0 Å². The molecule has 0 saturated heterocycles. The molecule has 0 unspecified atom stereocenters. The molecule has 2 aromatic carbocycles. The summed E-state index contributed by atoms with van der Waals surface area (Å²) in [5, 5.41) is 13.6. The summed E-state index contributed by atoms with van der Waals surface area (Å²) in [6, 6.07) is 10.5. The first-order valence-corrected chi connectivity index (χ1v) is 7.64. The summed E-state index contributed by atoms with van der Waals surface area (Å²) in [5.74, 6) is -0.220. The van der Waals surface area contributed by atoms with E-state index in [9.17, 15) is 9.90 Å². The molecule has 0 heterocycles. The summed E-state index contributed by atoms with van der Waals surface area (Å²) in [7, 11) is 0. The third kappa shape index (κ3) is 4.15. The number of hydrogen-bond donors (Lipinski definition) is 2. The molecule has 2 N–H and O–H groups in total. The molecule has 0 spiro atoms. The molecule has 4 nitrogen and oxygen atoms in total. The standard InChI is InChI=1S/C15H12Br2N2O2/c1-9-2-3-10(14(20)6-9)8-18-19-15(21)12-7-11(16)4-5-13(12)17/h2-8,20H,1H3,(H,19,21)/b18-8+. The summed E-state index contributed by atoms with van der Waals surface area (Å²) in [6.07, 6.45) is 1.40. The van der Waals surface area contributed by atoms with Crippen LogP contribution >= 0.6 is 31.9 Å². The Hall–Kier alpha value is -1.66. The molecule has 2 aromatic rings. The van der Waals surface area contributed by atoms with Gasteiger partial charge in [0.2, 0.25) is 0 Å². The molecule has 6 heteroatoms. The lowest BCUT2D eigenvalue weighted by Crippen LogP contribution is -2.18. The minimum absolute atomic E-state index is 0.122. The van der Waals surface area contributed by atoms with Gasteiger partial charge in [-0.3, -0.25) is 4.79 Å². The molecular weight excluding hydrogens is 400 g/mol. The molecule has 0 aromatic heterocycles. The molecule has 0 aliphatic carbocycles. The molecule has 0 aliphatic heterocycles. The van der Waals surface area contributed by atoms with E-state index in [1.54, 1.807) is 24.3 Å². The number of phenols is 1. The number of amides is 1. The molecule has 0 aliphatic rings. The zero-order chi connectivity index (χ0) is 15.4. The summed E-state index contributed by atoms with van der Waals surface area (Å²) in [4.78, 5) is 12.0. The Balaban J connectivity index is 2.10. The number of carbonyl (C=O) groups excluding carboxylic acids is 1. The maximum atomic E-state index is 12.0. The molecule has 0 bridgehead atoms. The van der Waals surface area contributed by atoms with Crippen LogP contribution in [0.2, 0.25) is 0 Å². The number of nitrogens with one attached hydrogen (secondary N) is 1. The Labute approximate surface area is 139 Å². The fourth-order valence-electron chi connectivity index (χ4n) is 1.66. The van der Waals surface area contributed by atoms with Gasteiger partial charge in [0.25, 0.3) is 5.91 Å². The van der Waals surface area contributed by atoms with Crippen molar-refractivity contribution in [1.29, 1.82) is 0 Å². The summed E-state index contributed by atoms with van der Waals surface area (Å²) in [5.41, 5.74) is 4.38. The Morgan fingerprint density at radius 2 is 2.00 bits per heavy atom. The van der Waals surface area contributed by atoms with Gasteiger partial charge in [0, 0.05) is 14.5 Å². The van der Waals surface area contributed by atoms with Crippen LogP contribution in [-0.2, 0) is 0 Å². The normalized spacial score (nSPS) is 10.8. The number of nitrogens with zero attached hydrogens (tertiary/aromatic N) is 1. The van der Waals surface area contributed by atoms with E-state index >= 15 is 0 Å². The zero-order valence-corrected chi connectivity index (χ0v) is 14.3. The minimum Gasteiger partial charge on any atom is -0.507 e. The van der Waals surface area contributed by atoms with Gasteiger partial charge < -0.3 is 5.11 Å². The van der Waals surface area contributed by atoms with Crippen LogP contribution in [-0.4, -0.2) is 17.2 Å². The van der Waals surface area contributed by atoms with E-state index in [1.807, 2.05) is 19.1 Å². The molecular formula is C15H12Br2N2O2. The lowest BCUT2D eigenvalue weighted by molar-refractivity contribution is 0.0954. The molecule has 0 saturated carbocycles. The summed E-state index contributed by atoms with van der Waals surface area (Å²) >= 11 is 6.63. The van der Waals surface area contributed by atoms with Crippen LogP contribution in [0.15, 0.2) is 50.4 Å². The summed E-state index contributed by atoms with van der Waals surface area (Å²) < 4.78 is 1.48. The van der Waals surface area contributed by atoms with Crippen molar-refractivity contribution in [3.8, 4) is 5.75 Å². The van der Waals surface area contributed by atoms with Crippen molar-refractivity contribution in [1.82, 2.24) is 5.43 Å². The van der Waals surface area contributed by atoms with E-state index in [0.717, 1.165) is 10.0 Å². The van der Waals surface area contributed by atoms with Crippen LogP contribution in [0.3, 0.4) is 0 Å². The van der Waals surface area contributed by atoms with Gasteiger partial charge in [-0.25, -0.2) is 5.43 Å². The third-order valence-corrected chi connectivity index (χ3v) is 3.91. The number of carbonyl (C=O) groups is 1. The van der Waals surface area contributed by atoms with Crippen LogP contribution in [0.5, 0.6) is 5.75 Å². The van der Waals surface area contributed by atoms with Crippen LogP contribution in [0.25, 0.3) is 0 Å². The van der Waals surface area contributed by atoms with Gasteiger partial charge in [-0.2, -0.15) is 5.10 Å². The Morgan fingerprint density at radius 1 is 1.24 bits per heavy atom. The quantitative estimate of drug-likeness (QED) is 0.592. The fourth-order valence-corrected chi connectivity index (χ4v) is 2.44. The SMILES string of the molecule is Cc1ccc(/C=N/NC(=O)c2cc(Br)ccc2Br)c(O)c1. The average Bonchev–Trinajstić information content (AvgIpc) is 2.43. The molecule has 0 radical (unpaired) electrons. The fraction of sp³-hybridized carbons (Fsp3) is 0.0667. The molecule has 0 fully saturated rings. The lowest BCUT2D eigenvalue weighted by Gasteiger charge is -2.04.